The number of aromatic nitrogens is 5. The third-order valence-corrected chi connectivity index (χ3v) is 4.99. The van der Waals surface area contributed by atoms with Gasteiger partial charge in [0.2, 0.25) is 0 Å². The molecule has 1 N–H and O–H groups in total. The molecule has 4 rings (SSSR count). The molecule has 1 aliphatic heterocycles. The second-order valence-corrected chi connectivity index (χ2v) is 6.85. The Bertz CT molecular complexity index is 914. The summed E-state index contributed by atoms with van der Waals surface area (Å²) in [6, 6.07) is 11.0. The number of carbonyl (C=O) groups is 1. The fourth-order valence-electron chi connectivity index (χ4n) is 3.30. The molecule has 3 aromatic rings. The highest BCUT2D eigenvalue weighted by atomic mass is 16.3. The fraction of sp³-hybridized carbons (Fsp3) is 0.316. The van der Waals surface area contributed by atoms with Gasteiger partial charge < -0.3 is 10.0 Å². The lowest BCUT2D eigenvalue weighted by atomic mass is 9.87. The zero-order chi connectivity index (χ0) is 18.9. The molecule has 1 fully saturated rings. The molecule has 2 aromatic heterocycles. The zero-order valence-corrected chi connectivity index (χ0v) is 15.0. The van der Waals surface area contributed by atoms with Crippen molar-refractivity contribution in [2.45, 2.75) is 25.4 Å². The molecular formula is C19H20N6O2. The Kier molecular flexibility index (Phi) is 4.41. The smallest absolute Gasteiger partial charge is 0.253 e. The number of piperidine rings is 1. The average molecular weight is 364 g/mol. The molecule has 0 spiro atoms. The Balaban J connectivity index is 1.43. The lowest BCUT2D eigenvalue weighted by Gasteiger charge is -2.37. The summed E-state index contributed by atoms with van der Waals surface area (Å²) in [4.78, 5) is 18.9. The number of carbonyl (C=O) groups excluding carboxylic acids is 1. The number of rotatable bonds is 3. The number of aryl methyl sites for hydroxylation is 1. The Morgan fingerprint density at radius 2 is 1.85 bits per heavy atom. The van der Waals surface area contributed by atoms with Crippen LogP contribution in [-0.2, 0) is 5.60 Å². The maximum Gasteiger partial charge on any atom is 0.253 e. The highest BCUT2D eigenvalue weighted by Crippen LogP contribution is 2.32. The molecule has 1 amide bonds. The molecule has 8 heteroatoms. The van der Waals surface area contributed by atoms with Gasteiger partial charge in [-0.15, -0.1) is 5.10 Å². The molecule has 0 atom stereocenters. The van der Waals surface area contributed by atoms with Crippen LogP contribution >= 0.6 is 0 Å². The van der Waals surface area contributed by atoms with E-state index in [1.165, 1.54) is 11.0 Å². The molecule has 27 heavy (non-hydrogen) atoms. The number of tetrazole rings is 1. The fourth-order valence-corrected chi connectivity index (χ4v) is 3.30. The van der Waals surface area contributed by atoms with E-state index >= 15 is 0 Å². The van der Waals surface area contributed by atoms with Crippen molar-refractivity contribution in [1.82, 2.24) is 30.1 Å². The Morgan fingerprint density at radius 1 is 1.11 bits per heavy atom. The predicted molar refractivity (Wildman–Crippen MR) is 97.2 cm³/mol. The summed E-state index contributed by atoms with van der Waals surface area (Å²) >= 11 is 0. The van der Waals surface area contributed by atoms with Crippen molar-refractivity contribution in [2.75, 3.05) is 13.1 Å². The van der Waals surface area contributed by atoms with Gasteiger partial charge in [0.15, 0.2) is 0 Å². The Hall–Kier alpha value is -3.13. The summed E-state index contributed by atoms with van der Waals surface area (Å²) < 4.78 is 1.53. The monoisotopic (exact) mass is 364 g/mol. The summed E-state index contributed by atoms with van der Waals surface area (Å²) in [6.07, 6.45) is 4.20. The molecule has 0 bridgehead atoms. The standard InChI is InChI=1S/C19H20N6O2/c1-14-2-7-17(20-12-14)19(27)8-10-24(11-9-19)18(26)15-3-5-16(6-4-15)25-13-21-22-23-25/h2-7,12-13,27H,8-11H2,1H3. The molecule has 1 aliphatic rings. The van der Waals surface area contributed by atoms with Crippen LogP contribution in [0.5, 0.6) is 0 Å². The first-order chi connectivity index (χ1) is 13.0. The quantitative estimate of drug-likeness (QED) is 0.756. The van der Waals surface area contributed by atoms with E-state index in [1.807, 2.05) is 19.1 Å². The molecule has 8 nitrogen and oxygen atoms in total. The Morgan fingerprint density at radius 3 is 2.44 bits per heavy atom. The third-order valence-electron chi connectivity index (χ3n) is 4.99. The lowest BCUT2D eigenvalue weighted by Crippen LogP contribution is -2.45. The average Bonchev–Trinajstić information content (AvgIpc) is 3.23. The van der Waals surface area contributed by atoms with Gasteiger partial charge >= 0.3 is 0 Å². The van der Waals surface area contributed by atoms with Crippen LogP contribution in [0.4, 0.5) is 0 Å². The Labute approximate surface area is 156 Å². The summed E-state index contributed by atoms with van der Waals surface area (Å²) in [7, 11) is 0. The van der Waals surface area contributed by atoms with Gasteiger partial charge in [-0.1, -0.05) is 6.07 Å². The molecular weight excluding hydrogens is 344 g/mol. The topological polar surface area (TPSA) is 97.0 Å². The highest BCUT2D eigenvalue weighted by molar-refractivity contribution is 5.94. The normalized spacial score (nSPS) is 16.3. The van der Waals surface area contributed by atoms with Crippen molar-refractivity contribution in [1.29, 1.82) is 0 Å². The second-order valence-electron chi connectivity index (χ2n) is 6.85. The molecule has 0 aliphatic carbocycles. The number of nitrogens with zero attached hydrogens (tertiary/aromatic N) is 6. The molecule has 0 saturated carbocycles. The first kappa shape index (κ1) is 17.3. The second kappa shape index (κ2) is 6.88. The molecule has 0 radical (unpaired) electrons. The molecule has 1 saturated heterocycles. The molecule has 138 valence electrons. The van der Waals surface area contributed by atoms with Crippen LogP contribution in [0.15, 0.2) is 48.9 Å². The van der Waals surface area contributed by atoms with E-state index < -0.39 is 5.60 Å². The van der Waals surface area contributed by atoms with Gasteiger partial charge in [-0.25, -0.2) is 4.68 Å². The lowest BCUT2D eigenvalue weighted by molar-refractivity contribution is -0.0244. The number of hydrogen-bond donors (Lipinski definition) is 1. The number of benzene rings is 1. The number of amides is 1. The minimum absolute atomic E-state index is 0.0443. The predicted octanol–water partition coefficient (Wildman–Crippen LogP) is 1.49. The van der Waals surface area contributed by atoms with Gasteiger partial charge in [-0.3, -0.25) is 9.78 Å². The van der Waals surface area contributed by atoms with E-state index in [0.717, 1.165) is 11.3 Å². The van der Waals surface area contributed by atoms with Gasteiger partial charge in [0.25, 0.3) is 5.91 Å². The van der Waals surface area contributed by atoms with Gasteiger partial charge in [0, 0.05) is 24.8 Å². The maximum atomic E-state index is 12.8. The molecule has 0 unspecified atom stereocenters. The van der Waals surface area contributed by atoms with E-state index in [2.05, 4.69) is 20.5 Å². The molecule has 3 heterocycles. The highest BCUT2D eigenvalue weighted by Gasteiger charge is 2.36. The SMILES string of the molecule is Cc1ccc(C2(O)CCN(C(=O)c3ccc(-n4cnnn4)cc3)CC2)nc1. The molecule has 1 aromatic carbocycles. The van der Waals surface area contributed by atoms with Crippen LogP contribution in [0.1, 0.15) is 34.5 Å². The van der Waals surface area contributed by atoms with Crippen LogP contribution in [0.2, 0.25) is 0 Å². The van der Waals surface area contributed by atoms with Crippen molar-refractivity contribution < 1.29 is 9.90 Å². The largest absolute Gasteiger partial charge is 0.383 e. The van der Waals surface area contributed by atoms with Crippen LogP contribution in [0, 0.1) is 6.92 Å². The van der Waals surface area contributed by atoms with Gasteiger partial charge in [0.05, 0.1) is 11.4 Å². The van der Waals surface area contributed by atoms with Crippen molar-refractivity contribution >= 4 is 5.91 Å². The summed E-state index contributed by atoms with van der Waals surface area (Å²) in [5.74, 6) is -0.0443. The van der Waals surface area contributed by atoms with Crippen molar-refractivity contribution in [2.24, 2.45) is 0 Å². The third kappa shape index (κ3) is 3.43. The first-order valence-corrected chi connectivity index (χ1v) is 8.83. The van der Waals surface area contributed by atoms with Gasteiger partial charge in [-0.2, -0.15) is 0 Å². The van der Waals surface area contributed by atoms with Crippen LogP contribution < -0.4 is 0 Å². The summed E-state index contributed by atoms with van der Waals surface area (Å²) in [5, 5.41) is 22.0. The number of likely N-dealkylation sites (tertiary alicyclic amines) is 1. The minimum Gasteiger partial charge on any atom is -0.383 e. The summed E-state index contributed by atoms with van der Waals surface area (Å²) in [5.41, 5.74) is 2.14. The van der Waals surface area contributed by atoms with E-state index in [4.69, 9.17) is 0 Å². The van der Waals surface area contributed by atoms with Crippen molar-refractivity contribution in [3.05, 3.63) is 65.7 Å². The van der Waals surface area contributed by atoms with Crippen molar-refractivity contribution in [3.63, 3.8) is 0 Å². The van der Waals surface area contributed by atoms with Crippen LogP contribution in [0.3, 0.4) is 0 Å². The van der Waals surface area contributed by atoms with Gasteiger partial charge in [0.1, 0.15) is 11.9 Å². The zero-order valence-electron chi connectivity index (χ0n) is 15.0. The van der Waals surface area contributed by atoms with E-state index in [1.54, 1.807) is 35.4 Å². The van der Waals surface area contributed by atoms with Crippen LogP contribution in [0.25, 0.3) is 5.69 Å². The van der Waals surface area contributed by atoms with Crippen LogP contribution in [-0.4, -0.2) is 54.2 Å². The number of pyridine rings is 1. The first-order valence-electron chi connectivity index (χ1n) is 8.83. The van der Waals surface area contributed by atoms with E-state index in [-0.39, 0.29) is 5.91 Å². The van der Waals surface area contributed by atoms with Gasteiger partial charge in [-0.05, 0) is 66.1 Å². The van der Waals surface area contributed by atoms with Crippen molar-refractivity contribution in [3.8, 4) is 5.69 Å². The maximum absolute atomic E-state index is 12.8. The number of hydrogen-bond acceptors (Lipinski definition) is 6. The minimum atomic E-state index is -0.978. The van der Waals surface area contributed by atoms with E-state index in [0.29, 0.717) is 37.2 Å². The summed E-state index contributed by atoms with van der Waals surface area (Å²) in [6.45, 7) is 2.94. The van der Waals surface area contributed by atoms with E-state index in [9.17, 15) is 9.90 Å². The number of aliphatic hydroxyl groups is 1.